The first kappa shape index (κ1) is 29.9. The fourth-order valence-electron chi connectivity index (χ4n) is 6.10. The number of hydrogen-bond acceptors (Lipinski definition) is 6. The molecule has 0 fully saturated rings. The van der Waals surface area contributed by atoms with Gasteiger partial charge in [0.2, 0.25) is 0 Å². The van der Waals surface area contributed by atoms with Crippen LogP contribution < -0.4 is 18.9 Å². The van der Waals surface area contributed by atoms with Crippen molar-refractivity contribution < 1.29 is 28.5 Å². The minimum Gasteiger partial charge on any atom is -0.489 e. The fraction of sp³-hybridized carbons (Fsp3) is 0.231. The van der Waals surface area contributed by atoms with E-state index in [0.717, 1.165) is 43.1 Å². The van der Waals surface area contributed by atoms with Crippen LogP contribution in [0.1, 0.15) is 54.8 Å². The number of hydrogen-bond donors (Lipinski definition) is 0. The highest BCUT2D eigenvalue weighted by molar-refractivity contribution is 6.20. The smallest absolute Gasteiger partial charge is 0.170 e. The van der Waals surface area contributed by atoms with E-state index in [-0.39, 0.29) is 18.0 Å². The number of ketones is 2. The van der Waals surface area contributed by atoms with Crippen LogP contribution in [0.2, 0.25) is 0 Å². The first-order valence-corrected chi connectivity index (χ1v) is 15.5. The zero-order valence-corrected chi connectivity index (χ0v) is 26.1. The number of ether oxygens (including phenoxy) is 4. The van der Waals surface area contributed by atoms with Gasteiger partial charge in [-0.2, -0.15) is 0 Å². The van der Waals surface area contributed by atoms with Crippen molar-refractivity contribution in [2.45, 2.75) is 34.1 Å². The van der Waals surface area contributed by atoms with Gasteiger partial charge in [-0.3, -0.25) is 9.59 Å². The van der Waals surface area contributed by atoms with Gasteiger partial charge in [-0.15, -0.1) is 0 Å². The van der Waals surface area contributed by atoms with Crippen LogP contribution in [-0.2, 0) is 0 Å². The second kappa shape index (κ2) is 12.9. The summed E-state index contributed by atoms with van der Waals surface area (Å²) in [5, 5.41) is 7.38. The van der Waals surface area contributed by atoms with E-state index in [4.69, 9.17) is 18.9 Å². The molecular formula is C39H36O6. The number of rotatable bonds is 12. The zero-order chi connectivity index (χ0) is 31.5. The summed E-state index contributed by atoms with van der Waals surface area (Å²) in [5.74, 6) is 1.98. The van der Waals surface area contributed by atoms with E-state index in [1.54, 1.807) is 12.1 Å². The van der Waals surface area contributed by atoms with E-state index in [1.807, 2.05) is 100 Å². The molecule has 6 heteroatoms. The van der Waals surface area contributed by atoms with Crippen molar-refractivity contribution in [2.75, 3.05) is 26.4 Å². The van der Waals surface area contributed by atoms with E-state index < -0.39 is 0 Å². The molecule has 0 heterocycles. The zero-order valence-electron chi connectivity index (χ0n) is 26.1. The maximum absolute atomic E-state index is 13.6. The summed E-state index contributed by atoms with van der Waals surface area (Å²) >= 11 is 0. The minimum atomic E-state index is -0.275. The van der Waals surface area contributed by atoms with Crippen LogP contribution in [0.25, 0.3) is 43.1 Å². The van der Waals surface area contributed by atoms with Crippen molar-refractivity contribution in [1.82, 2.24) is 0 Å². The Morgan fingerprint density at radius 2 is 0.733 bits per heavy atom. The fourth-order valence-corrected chi connectivity index (χ4v) is 6.10. The van der Waals surface area contributed by atoms with Gasteiger partial charge in [0.1, 0.15) is 0 Å². The second-order valence-corrected chi connectivity index (χ2v) is 10.7. The standard InChI is InChI=1S/C39H36O6/c1-5-42-36-30-15-11-9-13-26(30)28-19-17-24(21-32(28)38(36)44-7-3)34(40)23-35(41)25-18-20-29-27-14-10-12-16-31(27)37(43-6-2)39(45-8-4)33(29)22-25/h9-22H,5-8,23H2,1-4H3. The van der Waals surface area contributed by atoms with Gasteiger partial charge < -0.3 is 18.9 Å². The Labute approximate surface area is 262 Å². The van der Waals surface area contributed by atoms with Crippen LogP contribution in [-0.4, -0.2) is 38.0 Å². The summed E-state index contributed by atoms with van der Waals surface area (Å²) in [7, 11) is 0. The molecule has 0 aromatic heterocycles. The molecule has 0 aliphatic carbocycles. The third kappa shape index (κ3) is 5.42. The first-order chi connectivity index (χ1) is 22.0. The lowest BCUT2D eigenvalue weighted by Gasteiger charge is -2.18. The molecule has 0 saturated heterocycles. The van der Waals surface area contributed by atoms with Crippen LogP contribution >= 0.6 is 0 Å². The second-order valence-electron chi connectivity index (χ2n) is 10.7. The summed E-state index contributed by atoms with van der Waals surface area (Å²) in [5.41, 5.74) is 0.880. The van der Waals surface area contributed by atoms with Crippen molar-refractivity contribution in [2.24, 2.45) is 0 Å². The van der Waals surface area contributed by atoms with Gasteiger partial charge in [0.25, 0.3) is 0 Å². The number of carbonyl (C=O) groups excluding carboxylic acids is 2. The van der Waals surface area contributed by atoms with Crippen LogP contribution in [0, 0.1) is 0 Å². The molecule has 0 unspecified atom stereocenters. The highest BCUT2D eigenvalue weighted by Crippen LogP contribution is 2.45. The SMILES string of the molecule is CCOc1c(OCC)c2cc(C(=O)CC(=O)c3ccc4c(c3)c(OCC)c(OCC)c3ccccc34)ccc2c2ccccc12. The molecule has 0 spiro atoms. The van der Waals surface area contributed by atoms with Crippen LogP contribution in [0.3, 0.4) is 0 Å². The number of benzene rings is 6. The molecule has 45 heavy (non-hydrogen) atoms. The summed E-state index contributed by atoms with van der Waals surface area (Å²) in [4.78, 5) is 27.3. The highest BCUT2D eigenvalue weighted by Gasteiger charge is 2.22. The maximum Gasteiger partial charge on any atom is 0.170 e. The average Bonchev–Trinajstić information content (AvgIpc) is 3.07. The van der Waals surface area contributed by atoms with Gasteiger partial charge in [0, 0.05) is 32.7 Å². The highest BCUT2D eigenvalue weighted by atomic mass is 16.5. The number of fused-ring (bicyclic) bond motifs is 6. The minimum absolute atomic E-state index is 0.269. The van der Waals surface area contributed by atoms with E-state index in [2.05, 4.69) is 0 Å². The third-order valence-electron chi connectivity index (χ3n) is 7.98. The Morgan fingerprint density at radius 3 is 1.09 bits per heavy atom. The molecule has 0 aliphatic heterocycles. The van der Waals surface area contributed by atoms with Crippen molar-refractivity contribution in [3.05, 3.63) is 96.1 Å². The Bertz CT molecular complexity index is 1930. The Kier molecular flexibility index (Phi) is 8.56. The molecule has 6 aromatic carbocycles. The molecule has 6 nitrogen and oxygen atoms in total. The molecule has 0 bridgehead atoms. The Balaban J connectivity index is 1.40. The molecule has 0 atom stereocenters. The molecule has 0 N–H and O–H groups in total. The Hall–Kier alpha value is -5.10. The van der Waals surface area contributed by atoms with E-state index >= 15 is 0 Å². The number of carbonyl (C=O) groups is 2. The van der Waals surface area contributed by atoms with Crippen molar-refractivity contribution in [1.29, 1.82) is 0 Å². The summed E-state index contributed by atoms with van der Waals surface area (Å²) in [6, 6.07) is 27.1. The van der Waals surface area contributed by atoms with E-state index in [9.17, 15) is 9.59 Å². The molecule has 0 amide bonds. The van der Waals surface area contributed by atoms with Crippen LogP contribution in [0.15, 0.2) is 84.9 Å². The first-order valence-electron chi connectivity index (χ1n) is 15.5. The molecular weight excluding hydrogens is 564 g/mol. The van der Waals surface area contributed by atoms with Gasteiger partial charge in [0.15, 0.2) is 34.6 Å². The van der Waals surface area contributed by atoms with Gasteiger partial charge in [-0.05, 0) is 61.4 Å². The summed E-state index contributed by atoms with van der Waals surface area (Å²) in [6.45, 7) is 9.54. The van der Waals surface area contributed by atoms with Gasteiger partial charge in [-0.25, -0.2) is 0 Å². The maximum atomic E-state index is 13.6. The van der Waals surface area contributed by atoms with E-state index in [0.29, 0.717) is 60.6 Å². The quantitative estimate of drug-likeness (QED) is 0.0792. The predicted octanol–water partition coefficient (Wildman–Crippen LogP) is 9.35. The molecule has 0 aliphatic rings. The molecule has 6 aromatic rings. The lowest BCUT2D eigenvalue weighted by atomic mass is 9.94. The lowest BCUT2D eigenvalue weighted by Crippen LogP contribution is -2.09. The number of Topliss-reactive ketones (excluding diaryl/α,β-unsaturated/α-hetero) is 2. The van der Waals surface area contributed by atoms with Crippen molar-refractivity contribution >= 4 is 54.7 Å². The predicted molar refractivity (Wildman–Crippen MR) is 181 cm³/mol. The monoisotopic (exact) mass is 600 g/mol. The van der Waals surface area contributed by atoms with E-state index in [1.165, 1.54) is 0 Å². The molecule has 0 radical (unpaired) electrons. The summed E-state index contributed by atoms with van der Waals surface area (Å²) in [6.07, 6.45) is -0.275. The lowest BCUT2D eigenvalue weighted by molar-refractivity contribution is 0.0894. The average molecular weight is 601 g/mol. The topological polar surface area (TPSA) is 71.1 Å². The normalized spacial score (nSPS) is 11.3. The van der Waals surface area contributed by atoms with Crippen LogP contribution in [0.4, 0.5) is 0 Å². The summed E-state index contributed by atoms with van der Waals surface area (Å²) < 4.78 is 24.3. The van der Waals surface area contributed by atoms with Gasteiger partial charge >= 0.3 is 0 Å². The Morgan fingerprint density at radius 1 is 0.422 bits per heavy atom. The molecule has 0 saturated carbocycles. The van der Waals surface area contributed by atoms with Gasteiger partial charge in [0.05, 0.1) is 32.8 Å². The van der Waals surface area contributed by atoms with Gasteiger partial charge in [-0.1, -0.05) is 72.8 Å². The van der Waals surface area contributed by atoms with Crippen molar-refractivity contribution in [3.63, 3.8) is 0 Å². The van der Waals surface area contributed by atoms with Crippen molar-refractivity contribution in [3.8, 4) is 23.0 Å². The van der Waals surface area contributed by atoms with Crippen LogP contribution in [0.5, 0.6) is 23.0 Å². The molecule has 6 rings (SSSR count). The largest absolute Gasteiger partial charge is 0.489 e. The molecule has 228 valence electrons. The third-order valence-corrected chi connectivity index (χ3v) is 7.98.